The third-order valence-electron chi connectivity index (χ3n) is 3.61. The van der Waals surface area contributed by atoms with Crippen LogP contribution in [0.1, 0.15) is 31.9 Å². The van der Waals surface area contributed by atoms with E-state index in [1.165, 1.54) is 0 Å². The van der Waals surface area contributed by atoms with Crippen molar-refractivity contribution < 1.29 is 18.6 Å². The molecule has 5 heteroatoms. The van der Waals surface area contributed by atoms with Crippen LogP contribution in [-0.4, -0.2) is 41.8 Å². The maximum Gasteiger partial charge on any atom is 0.129 e. The predicted molar refractivity (Wildman–Crippen MR) is 72.4 cm³/mol. The third-order valence-corrected chi connectivity index (χ3v) is 3.61. The predicted octanol–water partition coefficient (Wildman–Crippen LogP) is 2.50. The van der Waals surface area contributed by atoms with E-state index in [1.807, 2.05) is 18.7 Å². The largest absolute Gasteiger partial charge is 0.387 e. The van der Waals surface area contributed by atoms with E-state index in [-0.39, 0.29) is 24.3 Å². The molecule has 0 aromatic heterocycles. The number of morpholine rings is 1. The molecular formula is C15H21F2NO2. The van der Waals surface area contributed by atoms with Gasteiger partial charge in [-0.25, -0.2) is 8.78 Å². The highest BCUT2D eigenvalue weighted by molar-refractivity contribution is 5.21. The molecule has 1 saturated heterocycles. The van der Waals surface area contributed by atoms with E-state index in [9.17, 15) is 13.9 Å². The Morgan fingerprint density at radius 2 is 2.15 bits per heavy atom. The van der Waals surface area contributed by atoms with Crippen LogP contribution in [0.3, 0.4) is 0 Å². The van der Waals surface area contributed by atoms with Gasteiger partial charge in [0.2, 0.25) is 0 Å². The van der Waals surface area contributed by atoms with Crippen LogP contribution in [0.2, 0.25) is 0 Å². The molecule has 112 valence electrons. The molecule has 1 heterocycles. The van der Waals surface area contributed by atoms with Crippen molar-refractivity contribution in [1.82, 2.24) is 4.90 Å². The first-order valence-corrected chi connectivity index (χ1v) is 7.00. The summed E-state index contributed by atoms with van der Waals surface area (Å²) >= 11 is 0. The van der Waals surface area contributed by atoms with Crippen molar-refractivity contribution in [2.45, 2.75) is 38.6 Å². The van der Waals surface area contributed by atoms with E-state index in [4.69, 9.17) is 4.74 Å². The summed E-state index contributed by atoms with van der Waals surface area (Å²) in [5.74, 6) is -1.12. The van der Waals surface area contributed by atoms with Gasteiger partial charge in [0.15, 0.2) is 0 Å². The molecule has 20 heavy (non-hydrogen) atoms. The maximum absolute atomic E-state index is 13.6. The molecule has 1 fully saturated rings. The third kappa shape index (κ3) is 3.75. The molecular weight excluding hydrogens is 264 g/mol. The van der Waals surface area contributed by atoms with E-state index in [0.717, 1.165) is 24.6 Å². The summed E-state index contributed by atoms with van der Waals surface area (Å²) in [6.07, 6.45) is 0.0701. The lowest BCUT2D eigenvalue weighted by molar-refractivity contribution is -0.0858. The molecule has 1 aromatic carbocycles. The highest BCUT2D eigenvalue weighted by Gasteiger charge is 2.26. The highest BCUT2D eigenvalue weighted by Crippen LogP contribution is 2.22. The smallest absolute Gasteiger partial charge is 0.129 e. The molecule has 0 radical (unpaired) electrons. The second kappa shape index (κ2) is 6.61. The fraction of sp³-hybridized carbons (Fsp3) is 0.600. The van der Waals surface area contributed by atoms with Crippen molar-refractivity contribution in [3.63, 3.8) is 0 Å². The lowest BCUT2D eigenvalue weighted by Crippen LogP contribution is -2.47. The first-order valence-electron chi connectivity index (χ1n) is 7.00. The molecule has 1 aliphatic heterocycles. The molecule has 1 aliphatic rings. The van der Waals surface area contributed by atoms with Gasteiger partial charge in [-0.3, -0.25) is 4.90 Å². The fourth-order valence-electron chi connectivity index (χ4n) is 2.63. The average molecular weight is 285 g/mol. The molecule has 0 spiro atoms. The first-order chi connectivity index (χ1) is 9.49. The molecule has 0 amide bonds. The second-order valence-electron chi connectivity index (χ2n) is 5.38. The number of aliphatic hydroxyl groups excluding tert-OH is 1. The molecule has 3 nitrogen and oxygen atoms in total. The lowest BCUT2D eigenvalue weighted by Gasteiger charge is -2.37. The number of halogens is 2. The van der Waals surface area contributed by atoms with Gasteiger partial charge in [-0.1, -0.05) is 6.92 Å². The van der Waals surface area contributed by atoms with Crippen LogP contribution in [0.5, 0.6) is 0 Å². The van der Waals surface area contributed by atoms with Gasteiger partial charge >= 0.3 is 0 Å². The monoisotopic (exact) mass is 285 g/mol. The minimum Gasteiger partial charge on any atom is -0.387 e. The van der Waals surface area contributed by atoms with Crippen molar-refractivity contribution >= 4 is 0 Å². The first kappa shape index (κ1) is 15.4. The average Bonchev–Trinajstić information content (AvgIpc) is 2.40. The number of β-amino-alcohol motifs (C(OH)–C–C–N with tert-alkyl or cyclic N) is 1. The van der Waals surface area contributed by atoms with Crippen LogP contribution >= 0.6 is 0 Å². The van der Waals surface area contributed by atoms with Gasteiger partial charge in [0, 0.05) is 25.2 Å². The molecule has 0 aliphatic carbocycles. The molecule has 2 rings (SSSR count). The Kier molecular flexibility index (Phi) is 5.07. The van der Waals surface area contributed by atoms with E-state index < -0.39 is 17.7 Å². The van der Waals surface area contributed by atoms with Crippen LogP contribution in [0.4, 0.5) is 8.78 Å². The van der Waals surface area contributed by atoms with Gasteiger partial charge in [0.25, 0.3) is 0 Å². The van der Waals surface area contributed by atoms with Crippen molar-refractivity contribution in [2.24, 2.45) is 0 Å². The van der Waals surface area contributed by atoms with E-state index >= 15 is 0 Å². The molecule has 3 atom stereocenters. The van der Waals surface area contributed by atoms with Crippen molar-refractivity contribution in [1.29, 1.82) is 0 Å². The standard InChI is InChI=1S/C15H21F2NO2/c1-3-12-8-18(7-10(2)20-12)9-15(19)13-6-11(16)4-5-14(13)17/h4-6,10,12,15,19H,3,7-9H2,1-2H3. The fourth-order valence-corrected chi connectivity index (χ4v) is 2.63. The van der Waals surface area contributed by atoms with Gasteiger partial charge in [-0.2, -0.15) is 0 Å². The number of benzene rings is 1. The van der Waals surface area contributed by atoms with Gasteiger partial charge in [0.05, 0.1) is 18.3 Å². The molecule has 0 saturated carbocycles. The number of ether oxygens (including phenoxy) is 1. The normalized spacial score (nSPS) is 25.6. The Morgan fingerprint density at radius 3 is 2.85 bits per heavy atom. The Morgan fingerprint density at radius 1 is 1.40 bits per heavy atom. The number of hydrogen-bond donors (Lipinski definition) is 1. The van der Waals surface area contributed by atoms with Gasteiger partial charge < -0.3 is 9.84 Å². The molecule has 3 unspecified atom stereocenters. The van der Waals surface area contributed by atoms with Crippen LogP contribution in [0.25, 0.3) is 0 Å². The summed E-state index contributed by atoms with van der Waals surface area (Å²) in [5, 5.41) is 10.1. The quantitative estimate of drug-likeness (QED) is 0.922. The zero-order chi connectivity index (χ0) is 14.7. The minimum absolute atomic E-state index is 0.0113. The van der Waals surface area contributed by atoms with Crippen LogP contribution in [0, 0.1) is 11.6 Å². The second-order valence-corrected chi connectivity index (χ2v) is 5.38. The van der Waals surface area contributed by atoms with Crippen LogP contribution in [-0.2, 0) is 4.74 Å². The van der Waals surface area contributed by atoms with Crippen molar-refractivity contribution in [3.8, 4) is 0 Å². The zero-order valence-electron chi connectivity index (χ0n) is 11.9. The SMILES string of the molecule is CCC1CN(CC(O)c2cc(F)ccc2F)CC(C)O1. The maximum atomic E-state index is 13.6. The van der Waals surface area contributed by atoms with Crippen LogP contribution in [0.15, 0.2) is 18.2 Å². The van der Waals surface area contributed by atoms with Gasteiger partial charge in [-0.05, 0) is 31.5 Å². The summed E-state index contributed by atoms with van der Waals surface area (Å²) in [6.45, 7) is 5.69. The summed E-state index contributed by atoms with van der Waals surface area (Å²) in [7, 11) is 0. The zero-order valence-corrected chi connectivity index (χ0v) is 11.9. The highest BCUT2D eigenvalue weighted by atomic mass is 19.1. The number of aliphatic hydroxyl groups is 1. The summed E-state index contributed by atoms with van der Waals surface area (Å²) in [6, 6.07) is 3.15. The van der Waals surface area contributed by atoms with Gasteiger partial charge in [0.1, 0.15) is 11.6 Å². The lowest BCUT2D eigenvalue weighted by atomic mass is 10.1. The minimum atomic E-state index is -1.03. The number of nitrogens with zero attached hydrogens (tertiary/aromatic N) is 1. The Balaban J connectivity index is 2.03. The van der Waals surface area contributed by atoms with E-state index in [1.54, 1.807) is 0 Å². The van der Waals surface area contributed by atoms with Crippen molar-refractivity contribution in [2.75, 3.05) is 19.6 Å². The number of hydrogen-bond acceptors (Lipinski definition) is 3. The summed E-state index contributed by atoms with van der Waals surface area (Å²) in [4.78, 5) is 2.04. The van der Waals surface area contributed by atoms with E-state index in [0.29, 0.717) is 13.1 Å². The summed E-state index contributed by atoms with van der Waals surface area (Å²) < 4.78 is 32.5. The van der Waals surface area contributed by atoms with Crippen LogP contribution < -0.4 is 0 Å². The van der Waals surface area contributed by atoms with E-state index in [2.05, 4.69) is 0 Å². The number of rotatable bonds is 4. The Hall–Kier alpha value is -1.04. The molecule has 1 N–H and O–H groups in total. The Labute approximate surface area is 118 Å². The topological polar surface area (TPSA) is 32.7 Å². The van der Waals surface area contributed by atoms with Gasteiger partial charge in [-0.15, -0.1) is 0 Å². The summed E-state index contributed by atoms with van der Waals surface area (Å²) in [5.41, 5.74) is 0.0113. The molecule has 0 bridgehead atoms. The Bertz CT molecular complexity index is 455. The molecule has 1 aromatic rings. The van der Waals surface area contributed by atoms with Crippen molar-refractivity contribution in [3.05, 3.63) is 35.4 Å².